The highest BCUT2D eigenvalue weighted by Crippen LogP contribution is 2.21. The summed E-state index contributed by atoms with van der Waals surface area (Å²) >= 11 is 0. The molecule has 1 heterocycles. The summed E-state index contributed by atoms with van der Waals surface area (Å²) in [5.41, 5.74) is 0. The maximum Gasteiger partial charge on any atom is 0.239 e. The van der Waals surface area contributed by atoms with Gasteiger partial charge in [0.15, 0.2) is 11.6 Å². The first kappa shape index (κ1) is 11.7. The second-order valence-corrected chi connectivity index (χ2v) is 3.98. The molecule has 92 valence electrons. The Balaban J connectivity index is 1.86. The minimum absolute atomic E-state index is 0.000557. The normalized spacial score (nSPS) is 14.2. The number of pyridine rings is 1. The van der Waals surface area contributed by atoms with Crippen LogP contribution >= 0.6 is 0 Å². The number of hydrogen-bond donors (Lipinski definition) is 2. The number of carbonyl (C=O) groups excluding carboxylic acids is 1. The number of amides is 1. The number of hydrogen-bond acceptors (Lipinski definition) is 4. The van der Waals surface area contributed by atoms with Crippen molar-refractivity contribution in [1.82, 2.24) is 10.3 Å². The lowest BCUT2D eigenvalue weighted by Gasteiger charge is -2.10. The van der Waals surface area contributed by atoms with Crippen LogP contribution in [0.5, 0.6) is 5.75 Å². The fourth-order valence-corrected chi connectivity index (χ4v) is 1.47. The average Bonchev–Trinajstić information content (AvgIpc) is 3.12. The molecule has 2 N–H and O–H groups in total. The van der Waals surface area contributed by atoms with E-state index in [2.05, 4.69) is 15.6 Å². The molecule has 1 saturated carbocycles. The summed E-state index contributed by atoms with van der Waals surface area (Å²) in [6.45, 7) is 2.72. The molecule has 1 aromatic rings. The van der Waals surface area contributed by atoms with E-state index in [4.69, 9.17) is 4.74 Å². The molecule has 1 fully saturated rings. The molecule has 0 atom stereocenters. The molecule has 5 heteroatoms. The van der Waals surface area contributed by atoms with E-state index < -0.39 is 0 Å². The van der Waals surface area contributed by atoms with E-state index in [9.17, 15) is 4.79 Å². The zero-order chi connectivity index (χ0) is 12.1. The van der Waals surface area contributed by atoms with Crippen LogP contribution in [-0.4, -0.2) is 30.1 Å². The van der Waals surface area contributed by atoms with Crippen LogP contribution in [0, 0.1) is 0 Å². The Kier molecular flexibility index (Phi) is 3.80. The SMILES string of the molecule is CCOc1cccnc1NCC(=O)NC1CC1. The lowest BCUT2D eigenvalue weighted by molar-refractivity contribution is -0.119. The van der Waals surface area contributed by atoms with Crippen molar-refractivity contribution in [2.45, 2.75) is 25.8 Å². The second-order valence-electron chi connectivity index (χ2n) is 3.98. The quantitative estimate of drug-likeness (QED) is 0.777. The molecule has 0 spiro atoms. The molecule has 0 aromatic carbocycles. The molecule has 17 heavy (non-hydrogen) atoms. The summed E-state index contributed by atoms with van der Waals surface area (Å²) in [5, 5.41) is 5.89. The standard InChI is InChI=1S/C12H17N3O2/c1-2-17-10-4-3-7-13-12(10)14-8-11(16)15-9-5-6-9/h3-4,7,9H,2,5-6,8H2,1H3,(H,13,14)(H,15,16). The van der Waals surface area contributed by atoms with Crippen molar-refractivity contribution in [3.8, 4) is 5.75 Å². The highest BCUT2D eigenvalue weighted by Gasteiger charge is 2.22. The number of carbonyl (C=O) groups is 1. The lowest BCUT2D eigenvalue weighted by atomic mass is 10.4. The average molecular weight is 235 g/mol. The van der Waals surface area contributed by atoms with Crippen molar-refractivity contribution < 1.29 is 9.53 Å². The third-order valence-corrected chi connectivity index (χ3v) is 2.43. The predicted molar refractivity (Wildman–Crippen MR) is 65.1 cm³/mol. The van der Waals surface area contributed by atoms with Crippen molar-refractivity contribution in [3.05, 3.63) is 18.3 Å². The summed E-state index contributed by atoms with van der Waals surface area (Å²) in [6.07, 6.45) is 3.86. The summed E-state index contributed by atoms with van der Waals surface area (Å²) in [4.78, 5) is 15.6. The summed E-state index contributed by atoms with van der Waals surface area (Å²) in [6, 6.07) is 4.03. The van der Waals surface area contributed by atoms with Crippen LogP contribution in [0.1, 0.15) is 19.8 Å². The van der Waals surface area contributed by atoms with Gasteiger partial charge in [-0.2, -0.15) is 0 Å². The van der Waals surface area contributed by atoms with E-state index in [1.165, 1.54) is 0 Å². The van der Waals surface area contributed by atoms with Gasteiger partial charge in [0.2, 0.25) is 5.91 Å². The molecule has 2 rings (SSSR count). The molecule has 1 aliphatic carbocycles. The molecule has 1 amide bonds. The van der Waals surface area contributed by atoms with E-state index >= 15 is 0 Å². The maximum atomic E-state index is 11.5. The number of nitrogens with one attached hydrogen (secondary N) is 2. The van der Waals surface area contributed by atoms with Crippen LogP contribution in [0.15, 0.2) is 18.3 Å². The number of anilines is 1. The van der Waals surface area contributed by atoms with E-state index in [-0.39, 0.29) is 12.5 Å². The van der Waals surface area contributed by atoms with Gasteiger partial charge in [-0.3, -0.25) is 4.79 Å². The Labute approximate surface area is 101 Å². The molecule has 5 nitrogen and oxygen atoms in total. The van der Waals surface area contributed by atoms with Crippen LogP contribution in [0.2, 0.25) is 0 Å². The third-order valence-electron chi connectivity index (χ3n) is 2.43. The highest BCUT2D eigenvalue weighted by molar-refractivity contribution is 5.81. The van der Waals surface area contributed by atoms with Crippen molar-refractivity contribution in [2.24, 2.45) is 0 Å². The van der Waals surface area contributed by atoms with Gasteiger partial charge in [-0.15, -0.1) is 0 Å². The monoisotopic (exact) mass is 235 g/mol. The summed E-state index contributed by atoms with van der Waals surface area (Å²) in [5.74, 6) is 1.29. The van der Waals surface area contributed by atoms with Crippen LogP contribution < -0.4 is 15.4 Å². The molecule has 0 unspecified atom stereocenters. The van der Waals surface area contributed by atoms with Gasteiger partial charge in [-0.25, -0.2) is 4.98 Å². The van der Waals surface area contributed by atoms with Crippen molar-refractivity contribution in [3.63, 3.8) is 0 Å². The maximum absolute atomic E-state index is 11.5. The lowest BCUT2D eigenvalue weighted by Crippen LogP contribution is -2.31. The number of rotatable bonds is 6. The van der Waals surface area contributed by atoms with Crippen LogP contribution in [-0.2, 0) is 4.79 Å². The minimum atomic E-state index is 0.000557. The Hall–Kier alpha value is -1.78. The van der Waals surface area contributed by atoms with Gasteiger partial charge >= 0.3 is 0 Å². The summed E-state index contributed by atoms with van der Waals surface area (Å²) in [7, 11) is 0. The number of aromatic nitrogens is 1. The zero-order valence-electron chi connectivity index (χ0n) is 9.90. The van der Waals surface area contributed by atoms with Gasteiger partial charge < -0.3 is 15.4 Å². The van der Waals surface area contributed by atoms with Gasteiger partial charge in [0.05, 0.1) is 13.2 Å². The Morgan fingerprint density at radius 3 is 3.12 bits per heavy atom. The fourth-order valence-electron chi connectivity index (χ4n) is 1.47. The second kappa shape index (κ2) is 5.52. The van der Waals surface area contributed by atoms with E-state index in [0.29, 0.717) is 24.2 Å². The molecular formula is C12H17N3O2. The Morgan fingerprint density at radius 2 is 2.41 bits per heavy atom. The zero-order valence-corrected chi connectivity index (χ0v) is 9.90. The van der Waals surface area contributed by atoms with Crippen molar-refractivity contribution in [1.29, 1.82) is 0 Å². The molecule has 0 saturated heterocycles. The molecule has 1 aromatic heterocycles. The third kappa shape index (κ3) is 3.62. The van der Waals surface area contributed by atoms with Gasteiger partial charge in [-0.05, 0) is 31.9 Å². The van der Waals surface area contributed by atoms with Crippen molar-refractivity contribution >= 4 is 11.7 Å². The topological polar surface area (TPSA) is 63.2 Å². The minimum Gasteiger partial charge on any atom is -0.490 e. The highest BCUT2D eigenvalue weighted by atomic mass is 16.5. The molecule has 0 radical (unpaired) electrons. The number of ether oxygens (including phenoxy) is 1. The van der Waals surface area contributed by atoms with Gasteiger partial charge in [-0.1, -0.05) is 0 Å². The largest absolute Gasteiger partial charge is 0.490 e. The summed E-state index contributed by atoms with van der Waals surface area (Å²) < 4.78 is 5.41. The first-order chi connectivity index (χ1) is 8.29. The predicted octanol–water partition coefficient (Wildman–Crippen LogP) is 1.17. The molecule has 0 bridgehead atoms. The van der Waals surface area contributed by atoms with Crippen LogP contribution in [0.3, 0.4) is 0 Å². The van der Waals surface area contributed by atoms with E-state index in [1.807, 2.05) is 13.0 Å². The van der Waals surface area contributed by atoms with E-state index in [1.54, 1.807) is 12.3 Å². The van der Waals surface area contributed by atoms with Crippen LogP contribution in [0.25, 0.3) is 0 Å². The molecular weight excluding hydrogens is 218 g/mol. The fraction of sp³-hybridized carbons (Fsp3) is 0.500. The first-order valence-electron chi connectivity index (χ1n) is 5.90. The smallest absolute Gasteiger partial charge is 0.239 e. The first-order valence-corrected chi connectivity index (χ1v) is 5.90. The van der Waals surface area contributed by atoms with Gasteiger partial charge in [0, 0.05) is 12.2 Å². The molecule has 1 aliphatic rings. The number of nitrogens with zero attached hydrogens (tertiary/aromatic N) is 1. The van der Waals surface area contributed by atoms with Crippen LogP contribution in [0.4, 0.5) is 5.82 Å². The van der Waals surface area contributed by atoms with Crippen molar-refractivity contribution in [2.75, 3.05) is 18.5 Å². The Bertz CT molecular complexity index is 391. The van der Waals surface area contributed by atoms with E-state index in [0.717, 1.165) is 12.8 Å². The van der Waals surface area contributed by atoms with Gasteiger partial charge in [0.25, 0.3) is 0 Å². The Morgan fingerprint density at radius 1 is 1.59 bits per heavy atom. The molecule has 0 aliphatic heterocycles. The van der Waals surface area contributed by atoms with Gasteiger partial charge in [0.1, 0.15) is 0 Å².